The highest BCUT2D eigenvalue weighted by atomic mass is 16.5. The third-order valence-corrected chi connectivity index (χ3v) is 5.32. The Balaban J connectivity index is 1.98. The highest BCUT2D eigenvalue weighted by molar-refractivity contribution is 5.85. The first kappa shape index (κ1) is 19.5. The van der Waals surface area contributed by atoms with Crippen LogP contribution in [0.25, 0.3) is 0 Å². The molecule has 1 aliphatic rings. The molecule has 0 aliphatic heterocycles. The van der Waals surface area contributed by atoms with Crippen LogP contribution in [0.5, 0.6) is 5.75 Å². The van der Waals surface area contributed by atoms with Crippen molar-refractivity contribution in [1.82, 2.24) is 5.32 Å². The summed E-state index contributed by atoms with van der Waals surface area (Å²) in [4.78, 5) is 12.7. The van der Waals surface area contributed by atoms with Crippen molar-refractivity contribution in [2.75, 3.05) is 12.0 Å². The van der Waals surface area contributed by atoms with E-state index in [0.29, 0.717) is 25.3 Å². The standard InChI is InChI=1S/C19H30N2O4/c1-12(2)15-6-4-13(3)11-19(15,24)18(23)20-9-8-14-5-7-17(22)16(10-14)21-25/h5,7,10,12-13,15,21-22,24-25H,4,6,8-9,11H2,1-3H3,(H,20,23)/t13-,15+,19+/m1/s1. The fourth-order valence-corrected chi connectivity index (χ4v) is 3.94. The molecule has 0 aromatic heterocycles. The van der Waals surface area contributed by atoms with Gasteiger partial charge in [-0.3, -0.25) is 15.5 Å². The van der Waals surface area contributed by atoms with Crippen LogP contribution in [0, 0.1) is 17.8 Å². The second-order valence-corrected chi connectivity index (χ2v) is 7.63. The summed E-state index contributed by atoms with van der Waals surface area (Å²) in [5, 5.41) is 32.4. The van der Waals surface area contributed by atoms with Gasteiger partial charge in [-0.15, -0.1) is 0 Å². The molecular weight excluding hydrogens is 320 g/mol. The van der Waals surface area contributed by atoms with E-state index in [1.54, 1.807) is 12.1 Å². The first-order valence-corrected chi connectivity index (χ1v) is 9.00. The van der Waals surface area contributed by atoms with Gasteiger partial charge in [0.05, 0.1) is 0 Å². The molecule has 140 valence electrons. The Hall–Kier alpha value is -1.79. The summed E-state index contributed by atoms with van der Waals surface area (Å²) in [5.41, 5.74) is 1.72. The average Bonchev–Trinajstić information content (AvgIpc) is 2.55. The molecule has 0 spiro atoms. The molecule has 0 unspecified atom stereocenters. The molecule has 5 N–H and O–H groups in total. The summed E-state index contributed by atoms with van der Waals surface area (Å²) < 4.78 is 0. The Kier molecular flexibility index (Phi) is 6.30. The van der Waals surface area contributed by atoms with Gasteiger partial charge < -0.3 is 15.5 Å². The highest BCUT2D eigenvalue weighted by Crippen LogP contribution is 2.41. The number of benzene rings is 1. The monoisotopic (exact) mass is 350 g/mol. The van der Waals surface area contributed by atoms with Gasteiger partial charge in [-0.1, -0.05) is 33.3 Å². The van der Waals surface area contributed by atoms with Crippen LogP contribution in [0.1, 0.15) is 45.6 Å². The number of amides is 1. The zero-order chi connectivity index (χ0) is 18.6. The molecular formula is C19H30N2O4. The molecule has 1 saturated carbocycles. The number of phenols is 1. The van der Waals surface area contributed by atoms with Crippen LogP contribution in [-0.2, 0) is 11.2 Å². The number of hydrogen-bond acceptors (Lipinski definition) is 5. The zero-order valence-electron chi connectivity index (χ0n) is 15.2. The first-order valence-electron chi connectivity index (χ1n) is 9.00. The third-order valence-electron chi connectivity index (χ3n) is 5.32. The number of rotatable bonds is 6. The van der Waals surface area contributed by atoms with Crippen molar-refractivity contribution in [1.29, 1.82) is 0 Å². The molecule has 1 aliphatic carbocycles. The molecule has 2 rings (SSSR count). The van der Waals surface area contributed by atoms with Gasteiger partial charge in [0.25, 0.3) is 5.91 Å². The molecule has 6 heteroatoms. The Labute approximate surface area is 149 Å². The summed E-state index contributed by atoms with van der Waals surface area (Å²) in [7, 11) is 0. The van der Waals surface area contributed by atoms with Crippen molar-refractivity contribution in [3.8, 4) is 5.75 Å². The van der Waals surface area contributed by atoms with Gasteiger partial charge in [0, 0.05) is 6.54 Å². The zero-order valence-corrected chi connectivity index (χ0v) is 15.2. The van der Waals surface area contributed by atoms with E-state index >= 15 is 0 Å². The van der Waals surface area contributed by atoms with Crippen LogP contribution in [0.2, 0.25) is 0 Å². The Morgan fingerprint density at radius 2 is 2.08 bits per heavy atom. The molecule has 3 atom stereocenters. The molecule has 1 fully saturated rings. The van der Waals surface area contributed by atoms with Gasteiger partial charge in [-0.2, -0.15) is 0 Å². The maximum atomic E-state index is 12.7. The summed E-state index contributed by atoms with van der Waals surface area (Å²) in [6.45, 7) is 6.57. The van der Waals surface area contributed by atoms with E-state index < -0.39 is 5.60 Å². The number of carbonyl (C=O) groups excluding carboxylic acids is 1. The second kappa shape index (κ2) is 8.06. The van der Waals surface area contributed by atoms with Crippen molar-refractivity contribution in [3.05, 3.63) is 23.8 Å². The van der Waals surface area contributed by atoms with E-state index in [9.17, 15) is 15.0 Å². The minimum Gasteiger partial charge on any atom is -0.506 e. The fourth-order valence-electron chi connectivity index (χ4n) is 3.94. The van der Waals surface area contributed by atoms with Crippen LogP contribution in [0.15, 0.2) is 18.2 Å². The molecule has 25 heavy (non-hydrogen) atoms. The lowest BCUT2D eigenvalue weighted by atomic mass is 9.66. The summed E-state index contributed by atoms with van der Waals surface area (Å²) in [5.74, 6) is 0.222. The number of phenolic OH excluding ortho intramolecular Hbond substituents is 1. The predicted molar refractivity (Wildman–Crippen MR) is 96.5 cm³/mol. The molecule has 0 heterocycles. The number of nitrogens with one attached hydrogen (secondary N) is 2. The molecule has 0 radical (unpaired) electrons. The maximum absolute atomic E-state index is 12.7. The van der Waals surface area contributed by atoms with E-state index in [1.165, 1.54) is 6.07 Å². The average molecular weight is 350 g/mol. The fraction of sp³-hybridized carbons (Fsp3) is 0.632. The molecule has 1 aromatic rings. The van der Waals surface area contributed by atoms with Gasteiger partial charge >= 0.3 is 0 Å². The van der Waals surface area contributed by atoms with Crippen molar-refractivity contribution in [2.45, 2.75) is 52.1 Å². The molecule has 1 amide bonds. The largest absolute Gasteiger partial charge is 0.506 e. The van der Waals surface area contributed by atoms with Gasteiger partial charge in [0.1, 0.15) is 17.0 Å². The molecule has 1 aromatic carbocycles. The second-order valence-electron chi connectivity index (χ2n) is 7.63. The van der Waals surface area contributed by atoms with E-state index in [0.717, 1.165) is 18.4 Å². The highest BCUT2D eigenvalue weighted by Gasteiger charge is 2.48. The Morgan fingerprint density at radius 1 is 1.36 bits per heavy atom. The Morgan fingerprint density at radius 3 is 2.72 bits per heavy atom. The Bertz CT molecular complexity index is 605. The normalized spacial score (nSPS) is 26.5. The SMILES string of the molecule is CC(C)[C@@H]1CC[C@@H](C)C[C@@]1(O)C(=O)NCCc1ccc(O)c(NO)c1. The smallest absolute Gasteiger partial charge is 0.252 e. The molecule has 0 saturated heterocycles. The van der Waals surface area contributed by atoms with Gasteiger partial charge in [-0.05, 0) is 54.7 Å². The summed E-state index contributed by atoms with van der Waals surface area (Å²) in [6, 6.07) is 4.84. The van der Waals surface area contributed by atoms with Crippen molar-refractivity contribution >= 4 is 11.6 Å². The summed E-state index contributed by atoms with van der Waals surface area (Å²) >= 11 is 0. The predicted octanol–water partition coefficient (Wildman–Crippen LogP) is 2.68. The van der Waals surface area contributed by atoms with E-state index in [1.807, 2.05) is 5.48 Å². The van der Waals surface area contributed by atoms with Crippen molar-refractivity contribution in [2.24, 2.45) is 17.8 Å². The van der Waals surface area contributed by atoms with Gasteiger partial charge in [-0.25, -0.2) is 0 Å². The number of carbonyl (C=O) groups is 1. The van der Waals surface area contributed by atoms with Crippen molar-refractivity contribution < 1.29 is 20.2 Å². The van der Waals surface area contributed by atoms with Crippen LogP contribution in [0.3, 0.4) is 0 Å². The van der Waals surface area contributed by atoms with E-state index in [4.69, 9.17) is 5.21 Å². The minimum atomic E-state index is -1.31. The van der Waals surface area contributed by atoms with Gasteiger partial charge in [0.2, 0.25) is 0 Å². The lowest BCUT2D eigenvalue weighted by Crippen LogP contribution is -2.56. The topological polar surface area (TPSA) is 102 Å². The van der Waals surface area contributed by atoms with Crippen LogP contribution in [0.4, 0.5) is 5.69 Å². The van der Waals surface area contributed by atoms with Gasteiger partial charge in [0.15, 0.2) is 0 Å². The number of hydrogen-bond donors (Lipinski definition) is 5. The lowest BCUT2D eigenvalue weighted by molar-refractivity contribution is -0.155. The van der Waals surface area contributed by atoms with Crippen LogP contribution in [-0.4, -0.2) is 33.5 Å². The third kappa shape index (κ3) is 4.44. The first-order chi connectivity index (χ1) is 11.8. The quantitative estimate of drug-likeness (QED) is 0.401. The maximum Gasteiger partial charge on any atom is 0.252 e. The molecule has 6 nitrogen and oxygen atoms in total. The van der Waals surface area contributed by atoms with E-state index in [-0.39, 0.29) is 29.2 Å². The summed E-state index contributed by atoms with van der Waals surface area (Å²) in [6.07, 6.45) is 2.95. The van der Waals surface area contributed by atoms with E-state index in [2.05, 4.69) is 26.1 Å². The van der Waals surface area contributed by atoms with Crippen molar-refractivity contribution in [3.63, 3.8) is 0 Å². The van der Waals surface area contributed by atoms with Crippen LogP contribution >= 0.6 is 0 Å². The number of anilines is 1. The lowest BCUT2D eigenvalue weighted by Gasteiger charge is -2.43. The number of aliphatic hydroxyl groups is 1. The minimum absolute atomic E-state index is 0.0254. The number of aromatic hydroxyl groups is 1. The molecule has 0 bridgehead atoms. The van der Waals surface area contributed by atoms with Crippen LogP contribution < -0.4 is 10.8 Å².